The first-order valence-corrected chi connectivity index (χ1v) is 8.97. The fourth-order valence-electron chi connectivity index (χ4n) is 3.37. The van der Waals surface area contributed by atoms with Crippen molar-refractivity contribution in [2.24, 2.45) is 0 Å². The molecule has 5 nitrogen and oxygen atoms in total. The van der Waals surface area contributed by atoms with Crippen LogP contribution in [0.25, 0.3) is 0 Å². The number of aryl methyl sites for hydroxylation is 1. The molecule has 0 saturated carbocycles. The van der Waals surface area contributed by atoms with Gasteiger partial charge in [-0.15, -0.1) is 0 Å². The fraction of sp³-hybridized carbons (Fsp3) is 0.200. The van der Waals surface area contributed by atoms with E-state index in [-0.39, 0.29) is 5.91 Å². The lowest BCUT2D eigenvalue weighted by Gasteiger charge is -2.25. The molecule has 2 aromatic carbocycles. The topological polar surface area (TPSA) is 41.4 Å². The number of benzene rings is 2. The Labute approximate surface area is 157 Å². The van der Waals surface area contributed by atoms with E-state index < -0.39 is 0 Å². The quantitative estimate of drug-likeness (QED) is 0.654. The van der Waals surface area contributed by atoms with Crippen molar-refractivity contribution in [1.29, 1.82) is 0 Å². The van der Waals surface area contributed by atoms with Gasteiger partial charge in [0.05, 0.1) is 17.7 Å². The predicted molar refractivity (Wildman–Crippen MR) is 105 cm³/mol. The Morgan fingerprint density at radius 1 is 1.08 bits per heavy atom. The van der Waals surface area contributed by atoms with Crippen LogP contribution in [0.4, 0.5) is 22.9 Å². The van der Waals surface area contributed by atoms with E-state index in [1.165, 1.54) is 0 Å². The van der Waals surface area contributed by atoms with Gasteiger partial charge in [-0.25, -0.2) is 4.98 Å². The number of para-hydroxylation sites is 1. The Bertz CT molecular complexity index is 967. The van der Waals surface area contributed by atoms with Crippen LogP contribution in [-0.2, 0) is 6.54 Å². The normalized spacial score (nSPS) is 13.4. The molecular weight excluding hydrogens is 348 g/mol. The molecule has 0 atom stereocenters. The maximum absolute atomic E-state index is 13.6. The maximum atomic E-state index is 13.6. The van der Waals surface area contributed by atoms with E-state index in [1.807, 2.05) is 65.0 Å². The summed E-state index contributed by atoms with van der Waals surface area (Å²) >= 11 is 6.27. The number of carbonyl (C=O) groups excluding carboxylic acids is 1. The van der Waals surface area contributed by atoms with E-state index in [4.69, 9.17) is 11.6 Å². The third-order valence-electron chi connectivity index (χ3n) is 4.56. The van der Waals surface area contributed by atoms with E-state index >= 15 is 0 Å². The van der Waals surface area contributed by atoms with Gasteiger partial charge in [0.15, 0.2) is 11.5 Å². The lowest BCUT2D eigenvalue weighted by Crippen LogP contribution is -2.27. The van der Waals surface area contributed by atoms with Gasteiger partial charge in [-0.2, -0.15) is 0 Å². The van der Waals surface area contributed by atoms with E-state index in [0.29, 0.717) is 16.5 Å². The number of aromatic nitrogens is 2. The lowest BCUT2D eigenvalue weighted by molar-refractivity contribution is 0.0991. The second-order valence-corrected chi connectivity index (χ2v) is 6.71. The van der Waals surface area contributed by atoms with Crippen LogP contribution in [0.5, 0.6) is 0 Å². The van der Waals surface area contributed by atoms with Crippen molar-refractivity contribution in [1.82, 2.24) is 9.55 Å². The number of anilines is 4. The van der Waals surface area contributed by atoms with Crippen molar-refractivity contribution in [3.63, 3.8) is 0 Å². The molecule has 1 amide bonds. The molecule has 0 bridgehead atoms. The molecule has 4 rings (SSSR count). The molecule has 132 valence electrons. The van der Waals surface area contributed by atoms with Crippen LogP contribution >= 0.6 is 11.6 Å². The minimum absolute atomic E-state index is 0.106. The van der Waals surface area contributed by atoms with Gasteiger partial charge in [0.1, 0.15) is 0 Å². The summed E-state index contributed by atoms with van der Waals surface area (Å²) in [6.07, 6.45) is 2.66. The average Bonchev–Trinajstić information content (AvgIpc) is 3.03. The molecular formula is C20H19ClN4O. The Morgan fingerprint density at radius 2 is 1.85 bits per heavy atom. The van der Waals surface area contributed by atoms with Gasteiger partial charge in [0, 0.05) is 24.3 Å². The highest BCUT2D eigenvalue weighted by Crippen LogP contribution is 2.43. The van der Waals surface area contributed by atoms with Crippen LogP contribution in [0, 0.1) is 0 Å². The minimum Gasteiger partial charge on any atom is -0.326 e. The first-order valence-electron chi connectivity index (χ1n) is 8.59. The van der Waals surface area contributed by atoms with Crippen molar-refractivity contribution >= 4 is 40.4 Å². The molecule has 0 N–H and O–H groups in total. The SMILES string of the molecule is CCCn1cnc2c1C(=O)N(c1ccccc1)c1cc(Cl)ccc1N2C. The Kier molecular flexibility index (Phi) is 4.17. The van der Waals surface area contributed by atoms with Crippen molar-refractivity contribution in [3.8, 4) is 0 Å². The smallest absolute Gasteiger partial charge is 0.283 e. The largest absolute Gasteiger partial charge is 0.326 e. The third kappa shape index (κ3) is 2.56. The monoisotopic (exact) mass is 366 g/mol. The van der Waals surface area contributed by atoms with Crippen LogP contribution in [0.2, 0.25) is 5.02 Å². The maximum Gasteiger partial charge on any atom is 0.283 e. The zero-order chi connectivity index (χ0) is 18.3. The molecule has 1 aliphatic rings. The van der Waals surface area contributed by atoms with E-state index in [1.54, 1.807) is 11.2 Å². The highest BCUT2D eigenvalue weighted by molar-refractivity contribution is 6.31. The number of nitrogens with zero attached hydrogens (tertiary/aromatic N) is 4. The van der Waals surface area contributed by atoms with E-state index in [2.05, 4.69) is 11.9 Å². The number of fused-ring (bicyclic) bond motifs is 2. The Morgan fingerprint density at radius 3 is 2.58 bits per heavy atom. The molecule has 0 aliphatic carbocycles. The van der Waals surface area contributed by atoms with Crippen LogP contribution in [0.3, 0.4) is 0 Å². The van der Waals surface area contributed by atoms with Gasteiger partial charge in [-0.05, 0) is 36.8 Å². The lowest BCUT2D eigenvalue weighted by atomic mass is 10.2. The van der Waals surface area contributed by atoms with Crippen molar-refractivity contribution in [2.75, 3.05) is 16.8 Å². The molecule has 0 spiro atoms. The van der Waals surface area contributed by atoms with Crippen LogP contribution < -0.4 is 9.80 Å². The van der Waals surface area contributed by atoms with Gasteiger partial charge in [-0.1, -0.05) is 36.7 Å². The summed E-state index contributed by atoms with van der Waals surface area (Å²) in [6, 6.07) is 15.2. The number of imidazole rings is 1. The van der Waals surface area contributed by atoms with Gasteiger partial charge >= 0.3 is 0 Å². The summed E-state index contributed by atoms with van der Waals surface area (Å²) in [7, 11) is 1.93. The summed E-state index contributed by atoms with van der Waals surface area (Å²) in [6.45, 7) is 2.82. The highest BCUT2D eigenvalue weighted by Gasteiger charge is 2.34. The molecule has 1 aliphatic heterocycles. The van der Waals surface area contributed by atoms with E-state index in [9.17, 15) is 4.79 Å². The standard InChI is InChI=1S/C20H19ClN4O/c1-3-11-24-13-22-19-18(24)20(26)25(15-7-5-4-6-8-15)17-12-14(21)9-10-16(17)23(19)2/h4-10,12-13H,3,11H2,1-2H3. The summed E-state index contributed by atoms with van der Waals surface area (Å²) in [4.78, 5) is 21.8. The molecule has 0 unspecified atom stereocenters. The minimum atomic E-state index is -0.106. The van der Waals surface area contributed by atoms with Crippen LogP contribution in [0.1, 0.15) is 23.8 Å². The van der Waals surface area contributed by atoms with Crippen LogP contribution in [0.15, 0.2) is 54.9 Å². The first kappa shape index (κ1) is 16.7. The number of halogens is 1. The van der Waals surface area contributed by atoms with Crippen LogP contribution in [-0.4, -0.2) is 22.5 Å². The molecule has 2 heterocycles. The number of amides is 1. The number of hydrogen-bond donors (Lipinski definition) is 0. The van der Waals surface area contributed by atoms with Crippen molar-refractivity contribution in [2.45, 2.75) is 19.9 Å². The summed E-state index contributed by atoms with van der Waals surface area (Å²) < 4.78 is 1.93. The van der Waals surface area contributed by atoms with E-state index in [0.717, 1.165) is 30.0 Å². The van der Waals surface area contributed by atoms with Gasteiger partial charge in [-0.3, -0.25) is 9.69 Å². The fourth-order valence-corrected chi connectivity index (χ4v) is 3.53. The average molecular weight is 367 g/mol. The third-order valence-corrected chi connectivity index (χ3v) is 4.80. The first-order chi connectivity index (χ1) is 12.6. The number of rotatable bonds is 3. The zero-order valence-corrected chi connectivity index (χ0v) is 15.4. The number of hydrogen-bond acceptors (Lipinski definition) is 3. The van der Waals surface area contributed by atoms with Gasteiger partial charge in [0.2, 0.25) is 0 Å². The zero-order valence-electron chi connectivity index (χ0n) is 14.7. The molecule has 26 heavy (non-hydrogen) atoms. The molecule has 0 fully saturated rings. The van der Waals surface area contributed by atoms with Crippen molar-refractivity contribution < 1.29 is 4.79 Å². The number of carbonyl (C=O) groups is 1. The Balaban J connectivity index is 2.00. The second-order valence-electron chi connectivity index (χ2n) is 6.28. The summed E-state index contributed by atoms with van der Waals surface area (Å²) in [5.41, 5.74) is 3.02. The van der Waals surface area contributed by atoms with Crippen molar-refractivity contribution in [3.05, 3.63) is 65.6 Å². The molecule has 0 saturated heterocycles. The Hall–Kier alpha value is -2.79. The highest BCUT2D eigenvalue weighted by atomic mass is 35.5. The summed E-state index contributed by atoms with van der Waals surface area (Å²) in [5.74, 6) is 0.551. The van der Waals surface area contributed by atoms with Gasteiger partial charge in [0.25, 0.3) is 5.91 Å². The molecule has 3 aromatic rings. The molecule has 0 radical (unpaired) electrons. The van der Waals surface area contributed by atoms with Gasteiger partial charge < -0.3 is 9.47 Å². The molecule has 6 heteroatoms. The second kappa shape index (κ2) is 6.50. The predicted octanol–water partition coefficient (Wildman–Crippen LogP) is 5.01. The summed E-state index contributed by atoms with van der Waals surface area (Å²) in [5, 5.41) is 0.585. The molecule has 1 aromatic heterocycles.